The smallest absolute Gasteiger partial charge is 0.371 e. The quantitative estimate of drug-likeness (QED) is 0.300. The summed E-state index contributed by atoms with van der Waals surface area (Å²) in [5.74, 6) is -0.214. The highest BCUT2D eigenvalue weighted by molar-refractivity contribution is 7.86. The van der Waals surface area contributed by atoms with Crippen LogP contribution in [0.4, 0.5) is 0 Å². The van der Waals surface area contributed by atoms with Crippen LogP contribution in [0.3, 0.4) is 0 Å². The molecule has 1 saturated carbocycles. The lowest BCUT2D eigenvalue weighted by molar-refractivity contribution is -0.171. The number of carbonyl (C=O) groups is 1. The molecule has 0 heterocycles. The van der Waals surface area contributed by atoms with Crippen LogP contribution in [0.15, 0.2) is 0 Å². The molecule has 25 heavy (non-hydrogen) atoms. The van der Waals surface area contributed by atoms with Crippen LogP contribution in [0.2, 0.25) is 0 Å². The Kier molecular flexibility index (Phi) is 9.49. The monoisotopic (exact) mass is 397 g/mol. The van der Waals surface area contributed by atoms with Crippen molar-refractivity contribution in [3.63, 3.8) is 0 Å². The van der Waals surface area contributed by atoms with Crippen LogP contribution in [0.1, 0.15) is 52.4 Å². The van der Waals surface area contributed by atoms with Gasteiger partial charge in [0.1, 0.15) is 0 Å². The third-order valence-corrected chi connectivity index (χ3v) is 6.26. The number of hydrogen-bond donors (Lipinski definition) is 0. The van der Waals surface area contributed by atoms with Crippen LogP contribution in [0.5, 0.6) is 0 Å². The van der Waals surface area contributed by atoms with Gasteiger partial charge in [0, 0.05) is 6.61 Å². The largest absolute Gasteiger partial charge is 0.464 e. The lowest BCUT2D eigenvalue weighted by Gasteiger charge is -2.32. The van der Waals surface area contributed by atoms with Crippen molar-refractivity contribution >= 4 is 23.9 Å². The van der Waals surface area contributed by atoms with E-state index in [1.165, 1.54) is 6.42 Å². The van der Waals surface area contributed by atoms with Gasteiger partial charge in [-0.3, -0.25) is 0 Å². The number of hydrogen-bond acceptors (Lipinski definition) is 7. The van der Waals surface area contributed by atoms with E-state index < -0.39 is 35.8 Å². The average molecular weight is 397 g/mol. The summed E-state index contributed by atoms with van der Waals surface area (Å²) in [6, 6.07) is 0. The van der Waals surface area contributed by atoms with Crippen molar-refractivity contribution in [2.75, 3.05) is 32.0 Å². The molecule has 0 spiro atoms. The molecular formula is C16H30O7PS+. The molecule has 0 amide bonds. The van der Waals surface area contributed by atoms with E-state index in [4.69, 9.17) is 9.47 Å². The van der Waals surface area contributed by atoms with E-state index in [2.05, 4.69) is 4.18 Å². The lowest BCUT2D eigenvalue weighted by atomic mass is 9.81. The van der Waals surface area contributed by atoms with Gasteiger partial charge in [-0.15, -0.1) is 0 Å². The first-order valence-electron chi connectivity index (χ1n) is 8.80. The maximum atomic E-state index is 12.6. The molecule has 1 aliphatic carbocycles. The lowest BCUT2D eigenvalue weighted by Crippen LogP contribution is -2.47. The van der Waals surface area contributed by atoms with Crippen molar-refractivity contribution < 1.29 is 31.4 Å². The van der Waals surface area contributed by atoms with Gasteiger partial charge >= 0.3 is 13.8 Å². The van der Waals surface area contributed by atoms with Crippen LogP contribution in [0, 0.1) is 5.92 Å². The Bertz CT molecular complexity index is 543. The second kappa shape index (κ2) is 10.6. The van der Waals surface area contributed by atoms with Gasteiger partial charge in [-0.1, -0.05) is 36.7 Å². The van der Waals surface area contributed by atoms with E-state index in [9.17, 15) is 17.8 Å². The molecule has 7 nitrogen and oxygen atoms in total. The Morgan fingerprint density at radius 2 is 1.80 bits per heavy atom. The molecule has 146 valence electrons. The molecule has 0 radical (unpaired) electrons. The third kappa shape index (κ3) is 8.11. The molecular weight excluding hydrogens is 367 g/mol. The average Bonchev–Trinajstić information content (AvgIpc) is 2.53. The minimum absolute atomic E-state index is 0.0962. The molecule has 1 fully saturated rings. The van der Waals surface area contributed by atoms with Crippen LogP contribution >= 0.6 is 7.80 Å². The highest BCUT2D eigenvalue weighted by Gasteiger charge is 2.49. The van der Waals surface area contributed by atoms with Gasteiger partial charge in [-0.25, -0.2) is 8.98 Å². The summed E-state index contributed by atoms with van der Waals surface area (Å²) in [5.41, 5.74) is -1.30. The second-order valence-corrected chi connectivity index (χ2v) is 9.63. The first kappa shape index (κ1) is 22.5. The molecule has 0 saturated heterocycles. The molecule has 2 unspecified atom stereocenters. The Morgan fingerprint density at radius 3 is 2.32 bits per heavy atom. The van der Waals surface area contributed by atoms with E-state index in [0.717, 1.165) is 31.9 Å². The molecule has 0 bridgehead atoms. The highest BCUT2D eigenvalue weighted by Crippen LogP contribution is 2.38. The van der Waals surface area contributed by atoms with E-state index in [-0.39, 0.29) is 19.4 Å². The van der Waals surface area contributed by atoms with Gasteiger partial charge in [0.25, 0.3) is 16.5 Å². The molecule has 0 aromatic rings. The fraction of sp³-hybridized carbons (Fsp3) is 0.938. The summed E-state index contributed by atoms with van der Waals surface area (Å²) in [6.07, 6.45) is 6.22. The molecule has 1 aliphatic rings. The summed E-state index contributed by atoms with van der Waals surface area (Å²) in [6.45, 7) is 3.97. The molecule has 1 rings (SSSR count). The van der Waals surface area contributed by atoms with Crippen LogP contribution in [0.25, 0.3) is 0 Å². The Morgan fingerprint density at radius 1 is 1.16 bits per heavy atom. The third-order valence-electron chi connectivity index (χ3n) is 4.25. The van der Waals surface area contributed by atoms with Gasteiger partial charge in [-0.05, 0) is 26.2 Å². The van der Waals surface area contributed by atoms with Crippen molar-refractivity contribution in [1.29, 1.82) is 0 Å². The zero-order valence-electron chi connectivity index (χ0n) is 15.4. The van der Waals surface area contributed by atoms with Crippen LogP contribution < -0.4 is 0 Å². The van der Waals surface area contributed by atoms with Crippen molar-refractivity contribution in [3.05, 3.63) is 0 Å². The Labute approximate surface area is 151 Å². The van der Waals surface area contributed by atoms with Crippen LogP contribution in [-0.2, 0) is 33.1 Å². The minimum Gasteiger partial charge on any atom is -0.464 e. The summed E-state index contributed by atoms with van der Waals surface area (Å²) in [7, 11) is -5.78. The molecule has 0 aromatic heterocycles. The Balaban J connectivity index is 2.92. The summed E-state index contributed by atoms with van der Waals surface area (Å²) < 4.78 is 50.2. The summed E-state index contributed by atoms with van der Waals surface area (Å²) in [5, 5.41) is 0. The van der Waals surface area contributed by atoms with Gasteiger partial charge in [0.15, 0.2) is 6.16 Å². The van der Waals surface area contributed by atoms with Gasteiger partial charge in [-0.2, -0.15) is 8.42 Å². The van der Waals surface area contributed by atoms with Crippen molar-refractivity contribution in [2.45, 2.75) is 58.0 Å². The summed E-state index contributed by atoms with van der Waals surface area (Å²) >= 11 is 0. The van der Waals surface area contributed by atoms with Gasteiger partial charge in [0.2, 0.25) is 5.60 Å². The normalized spacial score (nSPS) is 19.2. The second-order valence-electron chi connectivity index (χ2n) is 6.45. The highest BCUT2D eigenvalue weighted by atomic mass is 32.2. The van der Waals surface area contributed by atoms with Gasteiger partial charge in [0.05, 0.1) is 12.9 Å². The predicted octanol–water partition coefficient (Wildman–Crippen LogP) is 3.06. The molecule has 0 aliphatic heterocycles. The maximum Gasteiger partial charge on any atom is 0.371 e. The van der Waals surface area contributed by atoms with E-state index in [1.54, 1.807) is 13.8 Å². The van der Waals surface area contributed by atoms with E-state index in [1.807, 2.05) is 0 Å². The standard InChI is InChI=1S/C16H30O7PS/c1-4-21-15(17)16(22-5-2,11-14-9-7-6-8-10-14)12-24(18)13-23-25(3,19)20/h14H,4-13H2,1-3H3/q+1. The Hall–Kier alpha value is -0.560. The predicted molar refractivity (Wildman–Crippen MR) is 95.5 cm³/mol. The van der Waals surface area contributed by atoms with E-state index >= 15 is 0 Å². The maximum absolute atomic E-state index is 12.6. The SMILES string of the molecule is CCOC(=O)C(CC1CCCCC1)(C[P+](=O)COS(C)(=O)=O)OCC. The van der Waals surface area contributed by atoms with Crippen molar-refractivity contribution in [3.8, 4) is 0 Å². The topological polar surface area (TPSA) is 96.0 Å². The minimum atomic E-state index is -3.69. The number of ether oxygens (including phenoxy) is 2. The molecule has 0 N–H and O–H groups in total. The fourth-order valence-electron chi connectivity index (χ4n) is 3.26. The van der Waals surface area contributed by atoms with E-state index in [0.29, 0.717) is 12.3 Å². The van der Waals surface area contributed by atoms with Crippen molar-refractivity contribution in [1.82, 2.24) is 0 Å². The number of rotatable bonds is 11. The fourth-order valence-corrected chi connectivity index (χ4v) is 5.50. The zero-order valence-corrected chi connectivity index (χ0v) is 17.1. The van der Waals surface area contributed by atoms with Gasteiger partial charge < -0.3 is 9.47 Å². The number of esters is 1. The molecule has 0 aromatic carbocycles. The molecule has 9 heteroatoms. The first-order chi connectivity index (χ1) is 11.7. The number of carbonyl (C=O) groups excluding carboxylic acids is 1. The van der Waals surface area contributed by atoms with Crippen LogP contribution in [-0.4, -0.2) is 52.0 Å². The van der Waals surface area contributed by atoms with Crippen molar-refractivity contribution in [2.24, 2.45) is 5.92 Å². The summed E-state index contributed by atoms with van der Waals surface area (Å²) in [4.78, 5) is 12.6. The first-order valence-corrected chi connectivity index (χ1v) is 12.2. The molecule has 2 atom stereocenters. The zero-order chi connectivity index (χ0) is 18.9.